The Morgan fingerprint density at radius 3 is 2.67 bits per heavy atom. The molecular weight excluding hydrogens is 739 g/mol. The van der Waals surface area contributed by atoms with Gasteiger partial charge in [0.25, 0.3) is 0 Å². The summed E-state index contributed by atoms with van der Waals surface area (Å²) in [5, 5.41) is 24.4. The van der Waals surface area contributed by atoms with Crippen LogP contribution < -0.4 is 20.5 Å². The van der Waals surface area contributed by atoms with Gasteiger partial charge in [0.1, 0.15) is 42.1 Å². The third-order valence-electron chi connectivity index (χ3n) is 9.63. The number of β-amino-alcohol motifs (C(OH)–C–C–N with tert-alkyl or cyclic N) is 1. The SMILES string of the molecule is C=N/C(=C\C=C(/C)Cl)c1ccc(CN2CCN(C[C@@H](O)C[C@@H](CCc3ccccc3)C(N)Oc3cccc4c3C[C@H](O)CO4)[C@H](C(=O)NCC(F)(F)F)C2)o1. The minimum absolute atomic E-state index is 0.0187. The Kier molecular flexibility index (Phi) is 15.0. The van der Waals surface area contributed by atoms with Crippen molar-refractivity contribution in [3.8, 4) is 11.5 Å². The zero-order valence-electron chi connectivity index (χ0n) is 30.8. The number of aliphatic hydroxyl groups is 2. The van der Waals surface area contributed by atoms with Crippen LogP contribution in [0.4, 0.5) is 13.2 Å². The van der Waals surface area contributed by atoms with E-state index in [1.165, 1.54) is 0 Å². The Labute approximate surface area is 324 Å². The van der Waals surface area contributed by atoms with Gasteiger partial charge in [-0.1, -0.05) is 48.0 Å². The molecule has 0 spiro atoms. The van der Waals surface area contributed by atoms with Crippen LogP contribution in [-0.4, -0.2) is 103 Å². The lowest BCUT2D eigenvalue weighted by molar-refractivity contribution is -0.143. The number of fused-ring (bicyclic) bond motifs is 1. The number of benzene rings is 2. The third-order valence-corrected chi connectivity index (χ3v) is 9.76. The maximum absolute atomic E-state index is 13.3. The number of nitrogens with two attached hydrogens (primary N) is 1. The number of halogens is 4. The van der Waals surface area contributed by atoms with Crippen molar-refractivity contribution in [1.29, 1.82) is 0 Å². The number of aliphatic hydroxyl groups excluding tert-OH is 2. The standard InChI is InChI=1S/C40H49ClF3N5O6/c1-26(41)11-15-33(46-2)37-16-14-31(54-37)22-48-17-18-49(34(23-48)39(52)47-25-40(42,43)44)21-29(50)19-28(13-12-27-7-4-3-5-8-27)38(45)55-36-10-6-9-35-32(36)20-30(51)24-53-35/h3-11,14-16,28-30,34,38,50-51H,2,12-13,17-25,45H2,1H3,(H,47,52)/b26-11+,33-15-/t28-,29+,30+,34+,38?/m1/s1. The molecule has 5 atom stereocenters. The summed E-state index contributed by atoms with van der Waals surface area (Å²) in [6, 6.07) is 17.7. The lowest BCUT2D eigenvalue weighted by atomic mass is 9.92. The number of carbonyl (C=O) groups excluding carboxylic acids is 1. The van der Waals surface area contributed by atoms with Gasteiger partial charge < -0.3 is 29.4 Å². The summed E-state index contributed by atoms with van der Waals surface area (Å²) in [6.45, 7) is 5.16. The molecule has 1 fully saturated rings. The molecule has 1 aromatic heterocycles. The van der Waals surface area contributed by atoms with Crippen LogP contribution in [0, 0.1) is 5.92 Å². The first-order chi connectivity index (χ1) is 26.3. The van der Waals surface area contributed by atoms with Crippen LogP contribution in [0.1, 0.15) is 42.4 Å². The van der Waals surface area contributed by atoms with Gasteiger partial charge in [0.05, 0.1) is 18.8 Å². The molecule has 5 N–H and O–H groups in total. The number of aryl methyl sites for hydroxylation is 1. The zero-order chi connectivity index (χ0) is 39.5. The molecular formula is C40H49ClF3N5O6. The van der Waals surface area contributed by atoms with Crippen molar-refractivity contribution in [1.82, 2.24) is 15.1 Å². The summed E-state index contributed by atoms with van der Waals surface area (Å²) < 4.78 is 57.5. The van der Waals surface area contributed by atoms with E-state index in [9.17, 15) is 28.2 Å². The van der Waals surface area contributed by atoms with Crippen LogP contribution in [0.15, 0.2) is 87.3 Å². The second kappa shape index (κ2) is 19.6. The van der Waals surface area contributed by atoms with Crippen molar-refractivity contribution in [2.75, 3.05) is 39.3 Å². The number of ether oxygens (including phenoxy) is 2. The fourth-order valence-electron chi connectivity index (χ4n) is 6.84. The first-order valence-electron chi connectivity index (χ1n) is 18.3. The van der Waals surface area contributed by atoms with Gasteiger partial charge in [-0.15, -0.1) is 0 Å². The van der Waals surface area contributed by atoms with Crippen molar-refractivity contribution in [2.45, 2.75) is 69.8 Å². The zero-order valence-corrected chi connectivity index (χ0v) is 31.5. The first-order valence-corrected chi connectivity index (χ1v) is 18.6. The summed E-state index contributed by atoms with van der Waals surface area (Å²) in [7, 11) is 0. The van der Waals surface area contributed by atoms with E-state index in [-0.39, 0.29) is 38.6 Å². The highest BCUT2D eigenvalue weighted by atomic mass is 35.5. The van der Waals surface area contributed by atoms with E-state index >= 15 is 0 Å². The maximum Gasteiger partial charge on any atom is 0.405 e. The number of rotatable bonds is 17. The minimum Gasteiger partial charge on any atom is -0.490 e. The van der Waals surface area contributed by atoms with Crippen molar-refractivity contribution in [2.24, 2.45) is 16.6 Å². The van der Waals surface area contributed by atoms with Gasteiger partial charge in [0.2, 0.25) is 5.91 Å². The molecule has 0 bridgehead atoms. The molecule has 1 amide bonds. The van der Waals surface area contributed by atoms with Gasteiger partial charge in [-0.3, -0.25) is 25.3 Å². The van der Waals surface area contributed by atoms with Crippen molar-refractivity contribution < 1.29 is 42.1 Å². The molecule has 298 valence electrons. The number of nitrogens with zero attached hydrogens (tertiary/aromatic N) is 3. The Morgan fingerprint density at radius 2 is 1.95 bits per heavy atom. The van der Waals surface area contributed by atoms with E-state index in [4.69, 9.17) is 31.2 Å². The minimum atomic E-state index is -4.59. The molecule has 3 aromatic rings. The predicted octanol–water partition coefficient (Wildman–Crippen LogP) is 5.29. The maximum atomic E-state index is 13.3. The monoisotopic (exact) mass is 787 g/mol. The number of nitrogens with one attached hydrogen (secondary N) is 1. The normalized spacial score (nSPS) is 20.2. The Morgan fingerprint density at radius 1 is 1.16 bits per heavy atom. The van der Waals surface area contributed by atoms with E-state index in [0.29, 0.717) is 71.7 Å². The van der Waals surface area contributed by atoms with Gasteiger partial charge >= 0.3 is 6.18 Å². The Balaban J connectivity index is 1.29. The highest BCUT2D eigenvalue weighted by Crippen LogP contribution is 2.34. The van der Waals surface area contributed by atoms with Crippen LogP contribution in [0.3, 0.4) is 0 Å². The number of carbonyl (C=O) groups is 1. The lowest BCUT2D eigenvalue weighted by Crippen LogP contribution is -2.60. The Bertz CT molecular complexity index is 1780. The second-order valence-corrected chi connectivity index (χ2v) is 14.6. The number of alkyl halides is 3. The van der Waals surface area contributed by atoms with Crippen LogP contribution in [0.5, 0.6) is 11.5 Å². The molecule has 15 heteroatoms. The van der Waals surface area contributed by atoms with Gasteiger partial charge in [0, 0.05) is 49.1 Å². The molecule has 0 aliphatic carbocycles. The van der Waals surface area contributed by atoms with E-state index < -0.39 is 43.1 Å². The van der Waals surface area contributed by atoms with E-state index in [0.717, 1.165) is 5.56 Å². The van der Waals surface area contributed by atoms with Crippen molar-refractivity contribution in [3.05, 3.63) is 100 Å². The molecule has 2 aliphatic heterocycles. The van der Waals surface area contributed by atoms with Gasteiger partial charge in [-0.25, -0.2) is 0 Å². The molecule has 0 radical (unpaired) electrons. The number of hydrogen-bond acceptors (Lipinski definition) is 10. The van der Waals surface area contributed by atoms with E-state index in [1.807, 2.05) is 40.5 Å². The van der Waals surface area contributed by atoms with Crippen LogP contribution >= 0.6 is 11.6 Å². The number of piperazine rings is 1. The summed E-state index contributed by atoms with van der Waals surface area (Å²) >= 11 is 5.94. The summed E-state index contributed by atoms with van der Waals surface area (Å²) in [4.78, 5) is 21.0. The van der Waals surface area contributed by atoms with Gasteiger partial charge in [-0.05, 0) is 74.9 Å². The second-order valence-electron chi connectivity index (χ2n) is 14.0. The van der Waals surface area contributed by atoms with E-state index in [2.05, 4.69) is 11.7 Å². The smallest absolute Gasteiger partial charge is 0.405 e. The number of furan rings is 1. The van der Waals surface area contributed by atoms with E-state index in [1.54, 1.807) is 54.3 Å². The molecule has 5 rings (SSSR count). The lowest BCUT2D eigenvalue weighted by Gasteiger charge is -2.41. The molecule has 11 nitrogen and oxygen atoms in total. The number of aliphatic imine (C=N–C) groups is 1. The average Bonchev–Trinajstić information content (AvgIpc) is 3.61. The van der Waals surface area contributed by atoms with Crippen molar-refractivity contribution >= 4 is 29.9 Å². The Hall–Kier alpha value is -4.18. The largest absolute Gasteiger partial charge is 0.490 e. The highest BCUT2D eigenvalue weighted by Gasteiger charge is 2.37. The third kappa shape index (κ3) is 12.7. The fourth-order valence-corrected chi connectivity index (χ4v) is 6.91. The molecule has 2 aliphatic rings. The highest BCUT2D eigenvalue weighted by molar-refractivity contribution is 6.29. The quantitative estimate of drug-likeness (QED) is 0.0815. The topological polar surface area (TPSA) is 146 Å². The number of amides is 1. The van der Waals surface area contributed by atoms with Crippen LogP contribution in [0.25, 0.3) is 5.70 Å². The van der Waals surface area contributed by atoms with Crippen LogP contribution in [0.2, 0.25) is 0 Å². The first kappa shape index (κ1) is 42.0. The molecule has 55 heavy (non-hydrogen) atoms. The molecule has 2 aromatic carbocycles. The number of hydrogen-bond donors (Lipinski definition) is 4. The molecule has 3 heterocycles. The molecule has 1 saturated heterocycles. The van der Waals surface area contributed by atoms with Gasteiger partial charge in [-0.2, -0.15) is 13.2 Å². The summed E-state index contributed by atoms with van der Waals surface area (Å²) in [5.41, 5.74) is 8.98. The van der Waals surface area contributed by atoms with Gasteiger partial charge in [0.15, 0.2) is 12.0 Å². The van der Waals surface area contributed by atoms with Crippen molar-refractivity contribution in [3.63, 3.8) is 0 Å². The van der Waals surface area contributed by atoms with Crippen LogP contribution in [-0.2, 0) is 24.2 Å². The predicted molar refractivity (Wildman–Crippen MR) is 205 cm³/mol. The summed E-state index contributed by atoms with van der Waals surface area (Å²) in [5.74, 6) is 0.970. The average molecular weight is 788 g/mol. The molecule has 0 saturated carbocycles. The fraction of sp³-hybridized carbons (Fsp3) is 0.450. The number of allylic oxidation sites excluding steroid dienone is 3. The summed E-state index contributed by atoms with van der Waals surface area (Å²) in [6.07, 6.45) is -2.04. The molecule has 1 unspecified atom stereocenters.